The van der Waals surface area contributed by atoms with Crippen LogP contribution in [0.2, 0.25) is 5.02 Å². The molecule has 0 spiro atoms. The van der Waals surface area contributed by atoms with Crippen molar-refractivity contribution < 1.29 is 14.4 Å². The largest absolute Gasteiger partial charge is 0.334 e. The number of hydrogen-bond acceptors (Lipinski definition) is 3. The van der Waals surface area contributed by atoms with Crippen LogP contribution in [0.15, 0.2) is 12.1 Å². The van der Waals surface area contributed by atoms with Crippen molar-refractivity contribution in [3.05, 3.63) is 33.8 Å². The van der Waals surface area contributed by atoms with E-state index in [1.165, 1.54) is 0 Å². The Hall–Kier alpha value is -2.08. The third-order valence-electron chi connectivity index (χ3n) is 5.81. The van der Waals surface area contributed by atoms with E-state index in [0.29, 0.717) is 24.5 Å². The molecule has 1 saturated heterocycles. The van der Waals surface area contributed by atoms with Crippen LogP contribution in [0.5, 0.6) is 0 Å². The smallest absolute Gasteiger partial charge is 0.322 e. The number of halogens is 1. The number of hydrogen-bond donors (Lipinski definition) is 2. The first-order valence-corrected chi connectivity index (χ1v) is 9.38. The van der Waals surface area contributed by atoms with Gasteiger partial charge < -0.3 is 10.2 Å². The van der Waals surface area contributed by atoms with Crippen LogP contribution in [0.1, 0.15) is 42.9 Å². The van der Waals surface area contributed by atoms with Crippen molar-refractivity contribution in [2.24, 2.45) is 11.8 Å². The first-order chi connectivity index (χ1) is 12.3. The van der Waals surface area contributed by atoms with E-state index in [1.807, 2.05) is 26.0 Å². The van der Waals surface area contributed by atoms with Gasteiger partial charge in [0.2, 0.25) is 5.91 Å². The predicted molar refractivity (Wildman–Crippen MR) is 96.4 cm³/mol. The fourth-order valence-corrected chi connectivity index (χ4v) is 4.45. The Morgan fingerprint density at radius 3 is 2.54 bits per heavy atom. The number of benzene rings is 1. The van der Waals surface area contributed by atoms with Gasteiger partial charge in [-0.3, -0.25) is 14.9 Å². The number of fused-ring (bicyclic) bond motifs is 1. The molecule has 3 aliphatic rings. The molecular formula is C19H22ClN3O3. The van der Waals surface area contributed by atoms with Crippen LogP contribution in [0.3, 0.4) is 0 Å². The number of carbonyl (C=O) groups excluding carboxylic acids is 3. The van der Waals surface area contributed by atoms with Gasteiger partial charge in [-0.15, -0.1) is 0 Å². The lowest BCUT2D eigenvalue weighted by molar-refractivity contribution is -0.137. The molecule has 2 aliphatic heterocycles. The zero-order chi connectivity index (χ0) is 18.6. The lowest BCUT2D eigenvalue weighted by atomic mass is 9.83. The fraction of sp³-hybridized carbons (Fsp3) is 0.526. The fourth-order valence-electron chi connectivity index (χ4n) is 4.26. The van der Waals surface area contributed by atoms with E-state index in [2.05, 4.69) is 10.6 Å². The molecule has 7 heteroatoms. The molecule has 2 fully saturated rings. The molecule has 1 aromatic rings. The monoisotopic (exact) mass is 375 g/mol. The summed E-state index contributed by atoms with van der Waals surface area (Å²) in [5.41, 5.74) is 2.27. The molecular weight excluding hydrogens is 354 g/mol. The standard InChI is InChI=1S/C19H22ClN3O3/c1-10-5-12-8-23(9-13(12)6-15(10)20)16(24)11(2)7-19(14-3-4-14)17(25)21-18(26)22-19/h5-6,11,14H,3-4,7-9H2,1-2H3,(H2,21,22,25,26)/t11-,19+/m1/s1. The van der Waals surface area contributed by atoms with Gasteiger partial charge in [0.05, 0.1) is 0 Å². The molecule has 6 nitrogen and oxygen atoms in total. The Labute approximate surface area is 157 Å². The molecule has 26 heavy (non-hydrogen) atoms. The highest BCUT2D eigenvalue weighted by Gasteiger charge is 2.56. The van der Waals surface area contributed by atoms with Crippen LogP contribution in [0.4, 0.5) is 4.79 Å². The summed E-state index contributed by atoms with van der Waals surface area (Å²) in [5.74, 6) is -0.521. The van der Waals surface area contributed by atoms with Crippen molar-refractivity contribution in [3.8, 4) is 0 Å². The maximum Gasteiger partial charge on any atom is 0.322 e. The third-order valence-corrected chi connectivity index (χ3v) is 6.21. The van der Waals surface area contributed by atoms with Gasteiger partial charge in [0.1, 0.15) is 5.54 Å². The van der Waals surface area contributed by atoms with Gasteiger partial charge in [0.25, 0.3) is 5.91 Å². The van der Waals surface area contributed by atoms with Crippen molar-refractivity contribution in [2.75, 3.05) is 0 Å². The first-order valence-electron chi connectivity index (χ1n) is 9.00. The number of urea groups is 1. The lowest BCUT2D eigenvalue weighted by Crippen LogP contribution is -2.51. The topological polar surface area (TPSA) is 78.5 Å². The summed E-state index contributed by atoms with van der Waals surface area (Å²) < 4.78 is 0. The predicted octanol–water partition coefficient (Wildman–Crippen LogP) is 2.51. The maximum absolute atomic E-state index is 13.0. The summed E-state index contributed by atoms with van der Waals surface area (Å²) in [7, 11) is 0. The summed E-state index contributed by atoms with van der Waals surface area (Å²) in [6.07, 6.45) is 2.14. The zero-order valence-corrected chi connectivity index (χ0v) is 15.7. The van der Waals surface area contributed by atoms with Gasteiger partial charge >= 0.3 is 6.03 Å². The molecule has 2 heterocycles. The number of nitrogens with one attached hydrogen (secondary N) is 2. The summed E-state index contributed by atoms with van der Waals surface area (Å²) in [4.78, 5) is 38.9. The Kier molecular flexibility index (Phi) is 3.99. The van der Waals surface area contributed by atoms with E-state index in [0.717, 1.165) is 29.5 Å². The minimum Gasteiger partial charge on any atom is -0.334 e. The molecule has 138 valence electrons. The summed E-state index contributed by atoms with van der Waals surface area (Å²) in [5, 5.41) is 5.85. The quantitative estimate of drug-likeness (QED) is 0.793. The maximum atomic E-state index is 13.0. The van der Waals surface area contributed by atoms with E-state index < -0.39 is 11.6 Å². The first kappa shape index (κ1) is 17.3. The lowest BCUT2D eigenvalue weighted by Gasteiger charge is -2.30. The molecule has 1 aromatic carbocycles. The van der Waals surface area contributed by atoms with Crippen LogP contribution in [0.25, 0.3) is 0 Å². The number of aryl methyl sites for hydroxylation is 1. The Bertz CT molecular complexity index is 789. The molecule has 0 aromatic heterocycles. The van der Waals surface area contributed by atoms with Crippen LogP contribution >= 0.6 is 11.6 Å². The molecule has 4 amide bonds. The summed E-state index contributed by atoms with van der Waals surface area (Å²) in [6, 6.07) is 3.51. The molecule has 1 saturated carbocycles. The minimum atomic E-state index is -0.932. The van der Waals surface area contributed by atoms with Crippen molar-refractivity contribution in [2.45, 2.75) is 51.7 Å². The molecule has 1 aliphatic carbocycles. The van der Waals surface area contributed by atoms with E-state index >= 15 is 0 Å². The third kappa shape index (κ3) is 2.76. The van der Waals surface area contributed by atoms with Crippen LogP contribution < -0.4 is 10.6 Å². The van der Waals surface area contributed by atoms with Crippen LogP contribution in [-0.4, -0.2) is 28.3 Å². The average Bonchev–Trinajstić information content (AvgIpc) is 3.29. The van der Waals surface area contributed by atoms with Gasteiger partial charge in [-0.05, 0) is 54.9 Å². The Morgan fingerprint density at radius 2 is 1.96 bits per heavy atom. The normalized spacial score (nSPS) is 25.7. The zero-order valence-electron chi connectivity index (χ0n) is 14.9. The number of imide groups is 1. The highest BCUT2D eigenvalue weighted by atomic mass is 35.5. The van der Waals surface area contributed by atoms with Crippen molar-refractivity contribution in [1.82, 2.24) is 15.5 Å². The number of amides is 4. The van der Waals surface area contributed by atoms with Crippen LogP contribution in [0, 0.1) is 18.8 Å². The molecule has 0 bridgehead atoms. The number of carbonyl (C=O) groups is 3. The van der Waals surface area contributed by atoms with Gasteiger partial charge in [-0.1, -0.05) is 24.6 Å². The molecule has 0 unspecified atom stereocenters. The van der Waals surface area contributed by atoms with Gasteiger partial charge in [0.15, 0.2) is 0 Å². The van der Waals surface area contributed by atoms with E-state index in [1.54, 1.807) is 4.90 Å². The average molecular weight is 376 g/mol. The highest BCUT2D eigenvalue weighted by molar-refractivity contribution is 6.31. The molecule has 4 rings (SSSR count). The number of nitrogens with zero attached hydrogens (tertiary/aromatic N) is 1. The summed E-state index contributed by atoms with van der Waals surface area (Å²) in [6.45, 7) is 4.89. The molecule has 2 N–H and O–H groups in total. The highest BCUT2D eigenvalue weighted by Crippen LogP contribution is 2.45. The SMILES string of the molecule is Cc1cc2c(cc1Cl)CN(C(=O)[C@H](C)C[C@@]1(C3CC3)NC(=O)NC1=O)C2. The second kappa shape index (κ2) is 5.98. The van der Waals surface area contributed by atoms with Crippen molar-refractivity contribution in [1.29, 1.82) is 0 Å². The molecule has 2 atom stereocenters. The van der Waals surface area contributed by atoms with E-state index in [-0.39, 0.29) is 23.7 Å². The van der Waals surface area contributed by atoms with E-state index in [4.69, 9.17) is 11.6 Å². The Balaban J connectivity index is 1.49. The second-order valence-corrected chi connectivity index (χ2v) is 8.23. The van der Waals surface area contributed by atoms with Gasteiger partial charge in [0, 0.05) is 24.0 Å². The van der Waals surface area contributed by atoms with Crippen LogP contribution in [-0.2, 0) is 22.7 Å². The Morgan fingerprint density at radius 1 is 1.31 bits per heavy atom. The second-order valence-electron chi connectivity index (χ2n) is 7.82. The number of rotatable bonds is 4. The molecule has 0 radical (unpaired) electrons. The van der Waals surface area contributed by atoms with E-state index in [9.17, 15) is 14.4 Å². The van der Waals surface area contributed by atoms with Crippen molar-refractivity contribution in [3.63, 3.8) is 0 Å². The van der Waals surface area contributed by atoms with Crippen molar-refractivity contribution >= 4 is 29.4 Å². The summed E-state index contributed by atoms with van der Waals surface area (Å²) >= 11 is 6.20. The van der Waals surface area contributed by atoms with Gasteiger partial charge in [-0.25, -0.2) is 4.79 Å². The van der Waals surface area contributed by atoms with Gasteiger partial charge in [-0.2, -0.15) is 0 Å². The minimum absolute atomic E-state index is 0.00366.